The van der Waals surface area contributed by atoms with Gasteiger partial charge in [-0.05, 0) is 26.8 Å². The van der Waals surface area contributed by atoms with Crippen LogP contribution in [-0.2, 0) is 4.74 Å². The van der Waals surface area contributed by atoms with Crippen LogP contribution in [0.4, 0.5) is 0 Å². The summed E-state index contributed by atoms with van der Waals surface area (Å²) >= 11 is 0. The summed E-state index contributed by atoms with van der Waals surface area (Å²) < 4.78 is 5.43. The standard InChI is InChI=1S/C10H19NO/c1-8(2)10(11-3)9-5-4-6-12-7-9/h9-11H,1,4-7H2,2-3H3. The number of likely N-dealkylation sites (N-methyl/N-ethyl adjacent to an activating group) is 1. The average Bonchev–Trinajstić information content (AvgIpc) is 2.07. The van der Waals surface area contributed by atoms with Crippen LogP contribution in [-0.4, -0.2) is 26.3 Å². The Morgan fingerprint density at radius 3 is 2.83 bits per heavy atom. The maximum absolute atomic E-state index is 5.43. The molecule has 2 heteroatoms. The molecule has 0 amide bonds. The van der Waals surface area contributed by atoms with Crippen molar-refractivity contribution in [2.45, 2.75) is 25.8 Å². The van der Waals surface area contributed by atoms with Gasteiger partial charge >= 0.3 is 0 Å². The van der Waals surface area contributed by atoms with Gasteiger partial charge in [-0.15, -0.1) is 0 Å². The van der Waals surface area contributed by atoms with Gasteiger partial charge < -0.3 is 10.1 Å². The molecule has 1 saturated heterocycles. The van der Waals surface area contributed by atoms with E-state index in [1.165, 1.54) is 18.4 Å². The highest BCUT2D eigenvalue weighted by Gasteiger charge is 2.22. The first-order chi connectivity index (χ1) is 5.75. The van der Waals surface area contributed by atoms with Crippen LogP contribution >= 0.6 is 0 Å². The van der Waals surface area contributed by atoms with E-state index in [0.29, 0.717) is 12.0 Å². The summed E-state index contributed by atoms with van der Waals surface area (Å²) in [5.74, 6) is 0.626. The van der Waals surface area contributed by atoms with Crippen molar-refractivity contribution in [3.8, 4) is 0 Å². The molecule has 0 aromatic rings. The van der Waals surface area contributed by atoms with E-state index >= 15 is 0 Å². The first-order valence-corrected chi connectivity index (χ1v) is 4.66. The van der Waals surface area contributed by atoms with Crippen molar-refractivity contribution in [1.82, 2.24) is 5.32 Å². The summed E-state index contributed by atoms with van der Waals surface area (Å²) in [6, 6.07) is 0.435. The summed E-state index contributed by atoms with van der Waals surface area (Å²) in [5, 5.41) is 3.29. The van der Waals surface area contributed by atoms with Gasteiger partial charge in [-0.3, -0.25) is 0 Å². The second-order valence-electron chi connectivity index (χ2n) is 3.59. The van der Waals surface area contributed by atoms with Crippen LogP contribution in [0.25, 0.3) is 0 Å². The first kappa shape index (κ1) is 9.75. The lowest BCUT2D eigenvalue weighted by Gasteiger charge is -2.30. The second kappa shape index (κ2) is 4.63. The SMILES string of the molecule is C=C(C)C(NC)C1CCCOC1. The number of nitrogens with one attached hydrogen (secondary N) is 1. The molecule has 70 valence electrons. The van der Waals surface area contributed by atoms with E-state index in [9.17, 15) is 0 Å². The fourth-order valence-corrected chi connectivity index (χ4v) is 1.91. The molecular formula is C10H19NO. The molecule has 1 aliphatic rings. The second-order valence-corrected chi connectivity index (χ2v) is 3.59. The molecule has 1 aliphatic heterocycles. The fraction of sp³-hybridized carbons (Fsp3) is 0.800. The summed E-state index contributed by atoms with van der Waals surface area (Å²) in [6.07, 6.45) is 2.45. The normalized spacial score (nSPS) is 26.7. The minimum atomic E-state index is 0.435. The average molecular weight is 169 g/mol. The summed E-state index contributed by atoms with van der Waals surface area (Å²) in [6.45, 7) is 7.88. The topological polar surface area (TPSA) is 21.3 Å². The van der Waals surface area contributed by atoms with Crippen LogP contribution in [0.15, 0.2) is 12.2 Å². The van der Waals surface area contributed by atoms with Crippen LogP contribution in [0.1, 0.15) is 19.8 Å². The Morgan fingerprint density at radius 2 is 2.42 bits per heavy atom. The van der Waals surface area contributed by atoms with E-state index in [2.05, 4.69) is 18.8 Å². The highest BCUT2D eigenvalue weighted by molar-refractivity contribution is 5.04. The lowest BCUT2D eigenvalue weighted by Crippen LogP contribution is -2.38. The maximum Gasteiger partial charge on any atom is 0.0512 e. The Bertz CT molecular complexity index is 150. The molecule has 0 spiro atoms. The van der Waals surface area contributed by atoms with Crippen LogP contribution in [0.5, 0.6) is 0 Å². The lowest BCUT2D eigenvalue weighted by atomic mass is 9.90. The first-order valence-electron chi connectivity index (χ1n) is 4.66. The number of hydrogen-bond donors (Lipinski definition) is 1. The van der Waals surface area contributed by atoms with Gasteiger partial charge in [0.25, 0.3) is 0 Å². The van der Waals surface area contributed by atoms with Gasteiger partial charge in [-0.2, -0.15) is 0 Å². The zero-order chi connectivity index (χ0) is 8.97. The van der Waals surface area contributed by atoms with Gasteiger partial charge in [0.05, 0.1) is 6.61 Å². The van der Waals surface area contributed by atoms with E-state index < -0.39 is 0 Å². The molecule has 0 radical (unpaired) electrons. The minimum absolute atomic E-state index is 0.435. The molecule has 2 unspecified atom stereocenters. The molecule has 1 rings (SSSR count). The molecule has 2 atom stereocenters. The molecule has 0 bridgehead atoms. The monoisotopic (exact) mass is 169 g/mol. The van der Waals surface area contributed by atoms with Crippen molar-refractivity contribution in [2.75, 3.05) is 20.3 Å². The molecule has 1 heterocycles. The van der Waals surface area contributed by atoms with Gasteiger partial charge in [0.2, 0.25) is 0 Å². The van der Waals surface area contributed by atoms with Crippen molar-refractivity contribution in [2.24, 2.45) is 5.92 Å². The Kier molecular flexibility index (Phi) is 3.76. The Labute approximate surface area is 75.0 Å². The van der Waals surface area contributed by atoms with Crippen LogP contribution in [0, 0.1) is 5.92 Å². The molecule has 12 heavy (non-hydrogen) atoms. The van der Waals surface area contributed by atoms with Crippen LogP contribution in [0.3, 0.4) is 0 Å². The highest BCUT2D eigenvalue weighted by atomic mass is 16.5. The molecular weight excluding hydrogens is 150 g/mol. The van der Waals surface area contributed by atoms with Gasteiger partial charge in [0.15, 0.2) is 0 Å². The van der Waals surface area contributed by atoms with E-state index in [0.717, 1.165) is 13.2 Å². The molecule has 1 N–H and O–H groups in total. The molecule has 0 aromatic heterocycles. The van der Waals surface area contributed by atoms with E-state index in [-0.39, 0.29) is 0 Å². The van der Waals surface area contributed by atoms with E-state index in [1.54, 1.807) is 0 Å². The van der Waals surface area contributed by atoms with Crippen molar-refractivity contribution in [1.29, 1.82) is 0 Å². The third kappa shape index (κ3) is 2.32. The number of ether oxygens (including phenoxy) is 1. The molecule has 1 fully saturated rings. The quantitative estimate of drug-likeness (QED) is 0.648. The minimum Gasteiger partial charge on any atom is -0.381 e. The van der Waals surface area contributed by atoms with Crippen molar-refractivity contribution in [3.05, 3.63) is 12.2 Å². The summed E-state index contributed by atoms with van der Waals surface area (Å²) in [4.78, 5) is 0. The van der Waals surface area contributed by atoms with E-state index in [1.807, 2.05) is 7.05 Å². The van der Waals surface area contributed by atoms with Crippen LogP contribution < -0.4 is 5.32 Å². The summed E-state index contributed by atoms with van der Waals surface area (Å²) in [7, 11) is 1.99. The van der Waals surface area contributed by atoms with Gasteiger partial charge in [-0.25, -0.2) is 0 Å². The van der Waals surface area contributed by atoms with Crippen LogP contribution in [0.2, 0.25) is 0 Å². The molecule has 2 nitrogen and oxygen atoms in total. The van der Waals surface area contributed by atoms with Gasteiger partial charge in [0.1, 0.15) is 0 Å². The predicted molar refractivity (Wildman–Crippen MR) is 51.2 cm³/mol. The molecule has 0 saturated carbocycles. The van der Waals surface area contributed by atoms with Crippen molar-refractivity contribution < 1.29 is 4.74 Å². The number of rotatable bonds is 3. The van der Waals surface area contributed by atoms with Crippen molar-refractivity contribution >= 4 is 0 Å². The van der Waals surface area contributed by atoms with E-state index in [4.69, 9.17) is 4.74 Å². The fourth-order valence-electron chi connectivity index (χ4n) is 1.91. The lowest BCUT2D eigenvalue weighted by molar-refractivity contribution is 0.0454. The maximum atomic E-state index is 5.43. The third-order valence-corrected chi connectivity index (χ3v) is 2.51. The zero-order valence-corrected chi connectivity index (χ0v) is 8.10. The van der Waals surface area contributed by atoms with Crippen molar-refractivity contribution in [3.63, 3.8) is 0 Å². The highest BCUT2D eigenvalue weighted by Crippen LogP contribution is 2.20. The third-order valence-electron chi connectivity index (χ3n) is 2.51. The Morgan fingerprint density at radius 1 is 1.67 bits per heavy atom. The Balaban J connectivity index is 2.46. The molecule has 0 aliphatic carbocycles. The number of hydrogen-bond acceptors (Lipinski definition) is 2. The predicted octanol–water partition coefficient (Wildman–Crippen LogP) is 1.58. The van der Waals surface area contributed by atoms with Gasteiger partial charge in [-0.1, -0.05) is 12.2 Å². The van der Waals surface area contributed by atoms with Gasteiger partial charge in [0, 0.05) is 18.6 Å². The zero-order valence-electron chi connectivity index (χ0n) is 8.10. The largest absolute Gasteiger partial charge is 0.381 e. The smallest absolute Gasteiger partial charge is 0.0512 e. The Hall–Kier alpha value is -0.340. The molecule has 0 aromatic carbocycles. The summed E-state index contributed by atoms with van der Waals surface area (Å²) in [5.41, 5.74) is 1.22.